The number of hydrogen-bond donors (Lipinski definition) is 2. The molecule has 0 fully saturated rings. The predicted octanol–water partition coefficient (Wildman–Crippen LogP) is 3.64. The van der Waals surface area contributed by atoms with Crippen LogP contribution < -0.4 is 15.4 Å². The van der Waals surface area contributed by atoms with E-state index >= 15 is 0 Å². The van der Waals surface area contributed by atoms with Gasteiger partial charge in [0.1, 0.15) is 11.6 Å². The molecule has 2 rings (SSSR count). The number of aliphatic imine (C=N–C) groups is 1. The molecule has 27 heavy (non-hydrogen) atoms. The standard InChI is InChI=1S/C20H26FN3O2.HI/c1-15-8-9-16(12-18(15)21)13-24-20(22-2)23-10-11-26-14-17-6-4-5-7-19(17)25-3;/h4-9,12H,10-11,13-14H2,1-3H3,(H2,22,23,24);1H. The first-order chi connectivity index (χ1) is 12.6. The van der Waals surface area contributed by atoms with Gasteiger partial charge in [0.05, 0.1) is 20.3 Å². The van der Waals surface area contributed by atoms with Crippen molar-refractivity contribution in [2.24, 2.45) is 4.99 Å². The van der Waals surface area contributed by atoms with Crippen molar-refractivity contribution < 1.29 is 13.9 Å². The van der Waals surface area contributed by atoms with Crippen LogP contribution in [0.3, 0.4) is 0 Å². The number of guanidine groups is 1. The van der Waals surface area contributed by atoms with Crippen LogP contribution in [-0.2, 0) is 17.9 Å². The number of nitrogens with zero attached hydrogens (tertiary/aromatic N) is 1. The molecule has 0 spiro atoms. The minimum atomic E-state index is -0.197. The van der Waals surface area contributed by atoms with Gasteiger partial charge in [-0.25, -0.2) is 4.39 Å². The molecule has 5 nitrogen and oxygen atoms in total. The number of rotatable bonds is 8. The van der Waals surface area contributed by atoms with E-state index in [2.05, 4.69) is 15.6 Å². The topological polar surface area (TPSA) is 54.9 Å². The maximum Gasteiger partial charge on any atom is 0.191 e. The van der Waals surface area contributed by atoms with Crippen LogP contribution in [0.4, 0.5) is 4.39 Å². The summed E-state index contributed by atoms with van der Waals surface area (Å²) in [6.45, 7) is 3.87. The van der Waals surface area contributed by atoms with Crippen molar-refractivity contribution in [3.8, 4) is 5.75 Å². The molecule has 0 aliphatic rings. The van der Waals surface area contributed by atoms with Crippen molar-refractivity contribution in [3.05, 3.63) is 65.0 Å². The minimum Gasteiger partial charge on any atom is -0.496 e. The summed E-state index contributed by atoms with van der Waals surface area (Å²) in [6.07, 6.45) is 0. The van der Waals surface area contributed by atoms with Gasteiger partial charge in [-0.05, 0) is 30.2 Å². The Kier molecular flexibility index (Phi) is 10.7. The summed E-state index contributed by atoms with van der Waals surface area (Å²) in [5.41, 5.74) is 2.52. The third kappa shape index (κ3) is 7.72. The molecular formula is C20H27FIN3O2. The summed E-state index contributed by atoms with van der Waals surface area (Å²) < 4.78 is 24.5. The Morgan fingerprint density at radius 3 is 2.63 bits per heavy atom. The third-order valence-corrected chi connectivity index (χ3v) is 3.91. The van der Waals surface area contributed by atoms with E-state index in [9.17, 15) is 4.39 Å². The van der Waals surface area contributed by atoms with Crippen LogP contribution in [0, 0.1) is 12.7 Å². The van der Waals surface area contributed by atoms with E-state index in [0.717, 1.165) is 16.9 Å². The fraction of sp³-hybridized carbons (Fsp3) is 0.350. The Morgan fingerprint density at radius 2 is 1.93 bits per heavy atom. The van der Waals surface area contributed by atoms with Gasteiger partial charge < -0.3 is 20.1 Å². The zero-order valence-corrected chi connectivity index (χ0v) is 18.3. The average molecular weight is 487 g/mol. The molecule has 0 bridgehead atoms. The summed E-state index contributed by atoms with van der Waals surface area (Å²) in [6, 6.07) is 13.0. The maximum absolute atomic E-state index is 13.6. The lowest BCUT2D eigenvalue weighted by Gasteiger charge is -2.13. The van der Waals surface area contributed by atoms with Gasteiger partial charge in [-0.3, -0.25) is 4.99 Å². The molecule has 0 atom stereocenters. The van der Waals surface area contributed by atoms with E-state index in [0.29, 0.717) is 37.8 Å². The van der Waals surface area contributed by atoms with Crippen molar-refractivity contribution >= 4 is 29.9 Å². The molecule has 0 unspecified atom stereocenters. The van der Waals surface area contributed by atoms with E-state index in [4.69, 9.17) is 9.47 Å². The Bertz CT molecular complexity index is 741. The van der Waals surface area contributed by atoms with Gasteiger partial charge in [0.2, 0.25) is 0 Å². The van der Waals surface area contributed by atoms with E-state index in [1.807, 2.05) is 30.3 Å². The molecule has 0 aromatic heterocycles. The van der Waals surface area contributed by atoms with E-state index in [1.54, 1.807) is 27.1 Å². The summed E-state index contributed by atoms with van der Waals surface area (Å²) >= 11 is 0. The molecule has 0 saturated heterocycles. The summed E-state index contributed by atoms with van der Waals surface area (Å²) in [7, 11) is 3.34. The zero-order chi connectivity index (χ0) is 18.8. The maximum atomic E-state index is 13.6. The quantitative estimate of drug-likeness (QED) is 0.259. The molecule has 0 heterocycles. The molecule has 0 radical (unpaired) electrons. The number of ether oxygens (including phenoxy) is 2. The number of hydrogen-bond acceptors (Lipinski definition) is 3. The van der Waals surface area contributed by atoms with Crippen molar-refractivity contribution in [2.75, 3.05) is 27.3 Å². The summed E-state index contributed by atoms with van der Waals surface area (Å²) in [4.78, 5) is 4.15. The van der Waals surface area contributed by atoms with Crippen molar-refractivity contribution in [3.63, 3.8) is 0 Å². The molecule has 0 aliphatic heterocycles. The fourth-order valence-electron chi connectivity index (χ4n) is 2.40. The lowest BCUT2D eigenvalue weighted by Crippen LogP contribution is -2.38. The number of halogens is 2. The SMILES string of the molecule is CN=C(NCCOCc1ccccc1OC)NCc1ccc(C)c(F)c1.I. The molecule has 2 aromatic carbocycles. The van der Waals surface area contributed by atoms with Crippen LogP contribution in [0.25, 0.3) is 0 Å². The fourth-order valence-corrected chi connectivity index (χ4v) is 2.40. The predicted molar refractivity (Wildman–Crippen MR) is 117 cm³/mol. The molecule has 2 aromatic rings. The molecule has 0 amide bonds. The van der Waals surface area contributed by atoms with E-state index in [-0.39, 0.29) is 29.8 Å². The number of aryl methyl sites for hydroxylation is 1. The lowest BCUT2D eigenvalue weighted by molar-refractivity contribution is 0.123. The van der Waals surface area contributed by atoms with Crippen molar-refractivity contribution in [2.45, 2.75) is 20.1 Å². The monoisotopic (exact) mass is 487 g/mol. The van der Waals surface area contributed by atoms with Gasteiger partial charge in [-0.15, -0.1) is 24.0 Å². The van der Waals surface area contributed by atoms with Crippen LogP contribution in [0.1, 0.15) is 16.7 Å². The second-order valence-corrected chi connectivity index (χ2v) is 5.80. The first kappa shape index (κ1) is 23.2. The van der Waals surface area contributed by atoms with Gasteiger partial charge in [0, 0.05) is 25.7 Å². The molecule has 7 heteroatoms. The molecule has 0 aliphatic carbocycles. The Hall–Kier alpha value is -1.87. The Morgan fingerprint density at radius 1 is 1.15 bits per heavy atom. The molecule has 0 saturated carbocycles. The first-order valence-electron chi connectivity index (χ1n) is 8.53. The third-order valence-electron chi connectivity index (χ3n) is 3.91. The molecule has 148 valence electrons. The molecular weight excluding hydrogens is 460 g/mol. The van der Waals surface area contributed by atoms with Gasteiger partial charge in [-0.2, -0.15) is 0 Å². The van der Waals surface area contributed by atoms with Crippen LogP contribution in [0.15, 0.2) is 47.5 Å². The second kappa shape index (κ2) is 12.5. The normalized spacial score (nSPS) is 10.9. The van der Waals surface area contributed by atoms with Crippen molar-refractivity contribution in [1.82, 2.24) is 10.6 Å². The highest BCUT2D eigenvalue weighted by molar-refractivity contribution is 14.0. The lowest BCUT2D eigenvalue weighted by atomic mass is 10.1. The number of nitrogens with one attached hydrogen (secondary N) is 2. The highest BCUT2D eigenvalue weighted by Crippen LogP contribution is 2.17. The highest BCUT2D eigenvalue weighted by atomic mass is 127. The second-order valence-electron chi connectivity index (χ2n) is 5.80. The molecule has 2 N–H and O–H groups in total. The van der Waals surface area contributed by atoms with Gasteiger partial charge in [0.15, 0.2) is 5.96 Å². The number of para-hydroxylation sites is 1. The van der Waals surface area contributed by atoms with Gasteiger partial charge in [0.25, 0.3) is 0 Å². The summed E-state index contributed by atoms with van der Waals surface area (Å²) in [5, 5.41) is 6.33. The minimum absolute atomic E-state index is 0. The highest BCUT2D eigenvalue weighted by Gasteiger charge is 2.03. The number of benzene rings is 2. The van der Waals surface area contributed by atoms with Gasteiger partial charge in [-0.1, -0.05) is 30.3 Å². The zero-order valence-electron chi connectivity index (χ0n) is 15.9. The van der Waals surface area contributed by atoms with Gasteiger partial charge >= 0.3 is 0 Å². The van der Waals surface area contributed by atoms with Crippen LogP contribution in [0.2, 0.25) is 0 Å². The van der Waals surface area contributed by atoms with Crippen LogP contribution >= 0.6 is 24.0 Å². The van der Waals surface area contributed by atoms with Crippen molar-refractivity contribution in [1.29, 1.82) is 0 Å². The first-order valence-corrected chi connectivity index (χ1v) is 8.53. The smallest absolute Gasteiger partial charge is 0.191 e. The largest absolute Gasteiger partial charge is 0.496 e. The van der Waals surface area contributed by atoms with Crippen LogP contribution in [0.5, 0.6) is 5.75 Å². The summed E-state index contributed by atoms with van der Waals surface area (Å²) in [5.74, 6) is 1.27. The van der Waals surface area contributed by atoms with Crippen LogP contribution in [-0.4, -0.2) is 33.3 Å². The average Bonchev–Trinajstić information content (AvgIpc) is 2.67. The van der Waals surface area contributed by atoms with E-state index < -0.39 is 0 Å². The Balaban J connectivity index is 0.00000364. The Labute approximate surface area is 177 Å². The van der Waals surface area contributed by atoms with E-state index in [1.165, 1.54) is 6.07 Å². The number of methoxy groups -OCH3 is 1.